The zero-order chi connectivity index (χ0) is 9.10. The second kappa shape index (κ2) is 3.25. The number of tetrazole rings is 2. The van der Waals surface area contributed by atoms with E-state index in [1.807, 2.05) is 6.92 Å². The molecule has 13 heavy (non-hydrogen) atoms. The Hall–Kier alpha value is -1.86. The van der Waals surface area contributed by atoms with Gasteiger partial charge in [-0.2, -0.15) is 4.80 Å². The van der Waals surface area contributed by atoms with Gasteiger partial charge in [0.25, 0.3) is 0 Å². The summed E-state index contributed by atoms with van der Waals surface area (Å²) in [6.45, 7) is 2.57. The van der Waals surface area contributed by atoms with Crippen LogP contribution in [0.2, 0.25) is 0 Å². The van der Waals surface area contributed by atoms with Crippen LogP contribution in [0.15, 0.2) is 12.7 Å². The van der Waals surface area contributed by atoms with Gasteiger partial charge in [0.1, 0.15) is 6.33 Å². The summed E-state index contributed by atoms with van der Waals surface area (Å²) in [6, 6.07) is 0.115. The number of hydrogen-bond donors (Lipinski definition) is 0. The van der Waals surface area contributed by atoms with Crippen LogP contribution in [0.3, 0.4) is 0 Å². The molecule has 2 heterocycles. The molecule has 68 valence electrons. The Morgan fingerprint density at radius 2 is 2.23 bits per heavy atom. The van der Waals surface area contributed by atoms with Crippen LogP contribution in [0.25, 0.3) is 0 Å². The Kier molecular flexibility index (Phi) is 1.94. The highest BCUT2D eigenvalue weighted by molar-refractivity contribution is 4.58. The zero-order valence-electron chi connectivity index (χ0n) is 7.02. The van der Waals surface area contributed by atoms with Crippen molar-refractivity contribution in [2.75, 3.05) is 0 Å². The van der Waals surface area contributed by atoms with Crippen molar-refractivity contribution in [3.63, 3.8) is 0 Å². The average molecular weight is 180 g/mol. The van der Waals surface area contributed by atoms with E-state index in [1.165, 1.54) is 11.1 Å². The van der Waals surface area contributed by atoms with Crippen LogP contribution in [-0.2, 0) is 6.54 Å². The zero-order valence-corrected chi connectivity index (χ0v) is 7.02. The predicted octanol–water partition coefficient (Wildman–Crippen LogP) is -1.08. The molecule has 0 aliphatic heterocycles. The molecule has 0 aliphatic carbocycles. The largest absolute Gasteiger partial charge is 0.228 e. The lowest BCUT2D eigenvalue weighted by Gasteiger charge is -2.07. The average Bonchev–Trinajstić information content (AvgIpc) is 2.74. The fourth-order valence-electron chi connectivity index (χ4n) is 0.962. The second-order valence-corrected chi connectivity index (χ2v) is 2.63. The summed E-state index contributed by atoms with van der Waals surface area (Å²) in [5, 5.41) is 22.1. The Bertz CT molecular complexity index is 337. The first-order chi connectivity index (χ1) is 6.36. The minimum Gasteiger partial charge on any atom is -0.228 e. The highest BCUT2D eigenvalue weighted by atomic mass is 15.6. The van der Waals surface area contributed by atoms with Gasteiger partial charge >= 0.3 is 0 Å². The fourth-order valence-corrected chi connectivity index (χ4v) is 0.962. The van der Waals surface area contributed by atoms with Crippen LogP contribution in [-0.4, -0.2) is 40.4 Å². The maximum Gasteiger partial charge on any atom is 0.162 e. The molecule has 1 unspecified atom stereocenters. The molecule has 0 amide bonds. The fraction of sp³-hybridized carbons (Fsp3) is 0.600. The van der Waals surface area contributed by atoms with Gasteiger partial charge in [-0.25, -0.2) is 4.68 Å². The maximum atomic E-state index is 3.88. The Morgan fingerprint density at radius 1 is 1.31 bits per heavy atom. The van der Waals surface area contributed by atoms with Gasteiger partial charge in [0.2, 0.25) is 0 Å². The molecule has 0 saturated heterocycles. The van der Waals surface area contributed by atoms with Crippen LogP contribution in [0.5, 0.6) is 0 Å². The molecule has 0 fully saturated rings. The molecule has 0 N–H and O–H groups in total. The second-order valence-electron chi connectivity index (χ2n) is 2.63. The summed E-state index contributed by atoms with van der Waals surface area (Å²) in [7, 11) is 0. The van der Waals surface area contributed by atoms with E-state index >= 15 is 0 Å². The molecule has 2 aromatic heterocycles. The van der Waals surface area contributed by atoms with E-state index in [2.05, 4.69) is 30.9 Å². The molecular formula is C5H8N8. The third-order valence-electron chi connectivity index (χ3n) is 1.64. The van der Waals surface area contributed by atoms with Crippen LogP contribution >= 0.6 is 0 Å². The van der Waals surface area contributed by atoms with Gasteiger partial charge in [-0.05, 0) is 22.6 Å². The maximum absolute atomic E-state index is 3.88. The molecule has 2 aromatic rings. The van der Waals surface area contributed by atoms with E-state index in [-0.39, 0.29) is 6.04 Å². The molecule has 2 rings (SSSR count). The van der Waals surface area contributed by atoms with E-state index in [0.717, 1.165) is 0 Å². The number of hydrogen-bond acceptors (Lipinski definition) is 6. The predicted molar refractivity (Wildman–Crippen MR) is 40.3 cm³/mol. The third kappa shape index (κ3) is 1.66. The van der Waals surface area contributed by atoms with Gasteiger partial charge in [-0.15, -0.1) is 15.3 Å². The van der Waals surface area contributed by atoms with Crippen LogP contribution in [0, 0.1) is 0 Å². The van der Waals surface area contributed by atoms with Crippen molar-refractivity contribution in [3.8, 4) is 0 Å². The summed E-state index contributed by atoms with van der Waals surface area (Å²) < 4.78 is 1.64. The summed E-state index contributed by atoms with van der Waals surface area (Å²) >= 11 is 0. The summed E-state index contributed by atoms with van der Waals surface area (Å²) in [4.78, 5) is 1.49. The van der Waals surface area contributed by atoms with Gasteiger partial charge in [0.05, 0.1) is 12.6 Å². The van der Waals surface area contributed by atoms with Crippen molar-refractivity contribution in [2.24, 2.45) is 0 Å². The molecule has 0 aliphatic rings. The molecule has 0 saturated carbocycles. The molecule has 0 spiro atoms. The Balaban J connectivity index is 2.04. The van der Waals surface area contributed by atoms with E-state index in [4.69, 9.17) is 0 Å². The van der Waals surface area contributed by atoms with Gasteiger partial charge in [0.15, 0.2) is 6.33 Å². The van der Waals surface area contributed by atoms with Gasteiger partial charge in [-0.3, -0.25) is 0 Å². The standard InChI is InChI=1S/C5H8N8/c1-5(12-4-7-9-11-12)2-13-8-3-6-10-13/h3-5H,2H2,1H3. The highest BCUT2D eigenvalue weighted by Gasteiger charge is 2.07. The van der Waals surface area contributed by atoms with E-state index in [0.29, 0.717) is 6.54 Å². The minimum absolute atomic E-state index is 0.115. The number of rotatable bonds is 3. The first kappa shape index (κ1) is 7.77. The van der Waals surface area contributed by atoms with Crippen molar-refractivity contribution in [1.82, 2.24) is 40.4 Å². The monoisotopic (exact) mass is 180 g/mol. The summed E-state index contributed by atoms with van der Waals surface area (Å²) in [5.74, 6) is 0. The molecular weight excluding hydrogens is 172 g/mol. The van der Waals surface area contributed by atoms with E-state index < -0.39 is 0 Å². The molecule has 0 radical (unpaired) electrons. The highest BCUT2D eigenvalue weighted by Crippen LogP contribution is 2.02. The molecule has 0 aromatic carbocycles. The van der Waals surface area contributed by atoms with Crippen LogP contribution in [0.1, 0.15) is 13.0 Å². The third-order valence-corrected chi connectivity index (χ3v) is 1.64. The van der Waals surface area contributed by atoms with E-state index in [9.17, 15) is 0 Å². The van der Waals surface area contributed by atoms with E-state index in [1.54, 1.807) is 11.0 Å². The molecule has 1 atom stereocenters. The normalized spacial score (nSPS) is 13.0. The van der Waals surface area contributed by atoms with Crippen molar-refractivity contribution in [3.05, 3.63) is 12.7 Å². The quantitative estimate of drug-likeness (QED) is 0.597. The molecule has 0 bridgehead atoms. The van der Waals surface area contributed by atoms with Crippen molar-refractivity contribution >= 4 is 0 Å². The van der Waals surface area contributed by atoms with Crippen molar-refractivity contribution < 1.29 is 0 Å². The SMILES string of the molecule is CC(Cn1ncnn1)n1cnnn1. The lowest BCUT2D eigenvalue weighted by Crippen LogP contribution is -2.15. The van der Waals surface area contributed by atoms with Crippen LogP contribution < -0.4 is 0 Å². The Labute approximate surface area is 73.6 Å². The topological polar surface area (TPSA) is 87.2 Å². The summed E-state index contributed by atoms with van der Waals surface area (Å²) in [6.07, 6.45) is 2.95. The lowest BCUT2D eigenvalue weighted by molar-refractivity contribution is 0.367. The number of aromatic nitrogens is 8. The lowest BCUT2D eigenvalue weighted by atomic mass is 10.3. The first-order valence-electron chi connectivity index (χ1n) is 3.79. The van der Waals surface area contributed by atoms with Crippen molar-refractivity contribution in [1.29, 1.82) is 0 Å². The molecule has 8 heteroatoms. The van der Waals surface area contributed by atoms with Gasteiger partial charge in [0, 0.05) is 0 Å². The smallest absolute Gasteiger partial charge is 0.162 e. The molecule has 8 nitrogen and oxygen atoms in total. The van der Waals surface area contributed by atoms with Gasteiger partial charge in [-0.1, -0.05) is 0 Å². The van der Waals surface area contributed by atoms with Crippen LogP contribution in [0.4, 0.5) is 0 Å². The first-order valence-corrected chi connectivity index (χ1v) is 3.79. The van der Waals surface area contributed by atoms with Crippen molar-refractivity contribution in [2.45, 2.75) is 19.5 Å². The summed E-state index contributed by atoms with van der Waals surface area (Å²) in [5.41, 5.74) is 0. The Morgan fingerprint density at radius 3 is 2.85 bits per heavy atom. The minimum atomic E-state index is 0.115. The van der Waals surface area contributed by atoms with Gasteiger partial charge < -0.3 is 0 Å². The number of nitrogens with zero attached hydrogens (tertiary/aromatic N) is 8.